The van der Waals surface area contributed by atoms with Gasteiger partial charge in [0.05, 0.1) is 6.20 Å². The first-order valence-electron chi connectivity index (χ1n) is 7.29. The second kappa shape index (κ2) is 7.83. The van der Waals surface area contributed by atoms with Gasteiger partial charge in [-0.25, -0.2) is 4.98 Å². The number of alkyl halides is 2. The predicted octanol–water partition coefficient (Wildman–Crippen LogP) is 4.99. The molecule has 0 saturated heterocycles. The van der Waals surface area contributed by atoms with Crippen LogP contribution in [0.15, 0.2) is 39.3 Å². The second-order valence-electron chi connectivity index (χ2n) is 4.80. The molecule has 0 aliphatic rings. The fourth-order valence-corrected chi connectivity index (χ4v) is 2.99. The molecule has 25 heavy (non-hydrogen) atoms. The van der Waals surface area contributed by atoms with Gasteiger partial charge in [-0.3, -0.25) is 0 Å². The van der Waals surface area contributed by atoms with Crippen molar-refractivity contribution in [3.8, 4) is 11.7 Å². The monoisotopic (exact) mass is 386 g/mol. The van der Waals surface area contributed by atoms with Crippen LogP contribution < -0.4 is 4.31 Å². The van der Waals surface area contributed by atoms with Crippen molar-refractivity contribution in [1.29, 1.82) is 0 Å². The molecule has 0 radical (unpaired) electrons. The zero-order chi connectivity index (χ0) is 17.8. The maximum absolute atomic E-state index is 12.5. The summed E-state index contributed by atoms with van der Waals surface area (Å²) in [7, 11) is 0. The molecule has 0 aliphatic carbocycles. The van der Waals surface area contributed by atoms with Crippen LogP contribution in [0.5, 0.6) is 0 Å². The van der Waals surface area contributed by atoms with Gasteiger partial charge >= 0.3 is 6.43 Å². The molecule has 0 unspecified atom stereocenters. The van der Waals surface area contributed by atoms with Crippen molar-refractivity contribution in [2.75, 3.05) is 10.1 Å². The number of benzene rings is 1. The summed E-state index contributed by atoms with van der Waals surface area (Å²) in [5, 5.41) is 7.43. The van der Waals surface area contributed by atoms with Gasteiger partial charge in [-0.1, -0.05) is 24.6 Å². The molecular weight excluding hydrogens is 374 g/mol. The van der Waals surface area contributed by atoms with E-state index in [4.69, 9.17) is 20.4 Å². The van der Waals surface area contributed by atoms with Crippen LogP contribution in [0.2, 0.25) is 5.02 Å². The van der Waals surface area contributed by atoms with Crippen LogP contribution in [0, 0.1) is 0 Å². The van der Waals surface area contributed by atoms with Gasteiger partial charge in [0.15, 0.2) is 0 Å². The fourth-order valence-electron chi connectivity index (χ4n) is 2.03. The Hall–Kier alpha value is -2.13. The Kier molecular flexibility index (Phi) is 5.54. The molecule has 10 heteroatoms. The number of aromatic nitrogens is 3. The number of anilines is 1. The van der Waals surface area contributed by atoms with Gasteiger partial charge < -0.3 is 13.1 Å². The summed E-state index contributed by atoms with van der Waals surface area (Å²) in [5.41, 5.74) is 0.900. The molecule has 3 rings (SSSR count). The molecule has 0 saturated carbocycles. The molecule has 0 aliphatic heterocycles. The van der Waals surface area contributed by atoms with Gasteiger partial charge in [-0.15, -0.1) is 10.2 Å². The van der Waals surface area contributed by atoms with Crippen LogP contribution in [-0.2, 0) is 6.54 Å². The van der Waals surface area contributed by atoms with Crippen molar-refractivity contribution < 1.29 is 17.6 Å². The fraction of sp³-hybridized carbons (Fsp3) is 0.267. The lowest BCUT2D eigenvalue weighted by atomic mass is 10.3. The predicted molar refractivity (Wildman–Crippen MR) is 90.5 cm³/mol. The van der Waals surface area contributed by atoms with E-state index >= 15 is 0 Å². The molecule has 0 amide bonds. The van der Waals surface area contributed by atoms with Crippen molar-refractivity contribution in [2.24, 2.45) is 0 Å². The Morgan fingerprint density at radius 2 is 2.12 bits per heavy atom. The van der Waals surface area contributed by atoms with E-state index in [1.165, 1.54) is 6.20 Å². The minimum Gasteiger partial charge on any atom is -0.434 e. The van der Waals surface area contributed by atoms with Crippen LogP contribution in [-0.4, -0.2) is 20.9 Å². The second-order valence-corrected chi connectivity index (χ2v) is 6.51. The van der Waals surface area contributed by atoms with Crippen molar-refractivity contribution in [2.45, 2.75) is 19.9 Å². The van der Waals surface area contributed by atoms with E-state index in [1.54, 1.807) is 18.0 Å². The average molecular weight is 387 g/mol. The van der Waals surface area contributed by atoms with Gasteiger partial charge in [0, 0.05) is 16.5 Å². The van der Waals surface area contributed by atoms with Gasteiger partial charge in [-0.05, 0) is 30.1 Å². The molecular formula is C15H13ClF2N4O2S. The van der Waals surface area contributed by atoms with Crippen LogP contribution in [0.25, 0.3) is 11.7 Å². The molecule has 0 N–H and O–H groups in total. The highest BCUT2D eigenvalue weighted by atomic mass is 35.5. The topological polar surface area (TPSA) is 68.2 Å². The summed E-state index contributed by atoms with van der Waals surface area (Å²) in [6.07, 6.45) is -1.46. The molecule has 2 heterocycles. The Morgan fingerprint density at radius 3 is 2.80 bits per heavy atom. The minimum absolute atomic E-state index is 0.133. The highest BCUT2D eigenvalue weighted by Crippen LogP contribution is 2.29. The lowest BCUT2D eigenvalue weighted by Crippen LogP contribution is -2.14. The van der Waals surface area contributed by atoms with Gasteiger partial charge in [0.25, 0.3) is 11.8 Å². The minimum atomic E-state index is -2.83. The number of hydrogen-bond donors (Lipinski definition) is 0. The Balaban J connectivity index is 1.78. The van der Waals surface area contributed by atoms with Crippen molar-refractivity contribution in [3.63, 3.8) is 0 Å². The largest absolute Gasteiger partial charge is 0.434 e. The summed E-state index contributed by atoms with van der Waals surface area (Å²) >= 11 is 7.61. The van der Waals surface area contributed by atoms with E-state index in [-0.39, 0.29) is 11.7 Å². The zero-order valence-corrected chi connectivity index (χ0v) is 14.6. The first-order chi connectivity index (χ1) is 12.1. The van der Waals surface area contributed by atoms with Crippen LogP contribution in [0.3, 0.4) is 0 Å². The molecule has 0 spiro atoms. The quantitative estimate of drug-likeness (QED) is 0.530. The van der Waals surface area contributed by atoms with Crippen LogP contribution in [0.1, 0.15) is 25.1 Å². The van der Waals surface area contributed by atoms with E-state index in [0.29, 0.717) is 17.5 Å². The van der Waals surface area contributed by atoms with Crippen LogP contribution >= 0.6 is 23.5 Å². The van der Waals surface area contributed by atoms with E-state index < -0.39 is 12.3 Å². The van der Waals surface area contributed by atoms with E-state index in [2.05, 4.69) is 15.2 Å². The molecule has 1 aromatic carbocycles. The molecule has 6 nitrogen and oxygen atoms in total. The smallest absolute Gasteiger partial charge is 0.314 e. The lowest BCUT2D eigenvalue weighted by Gasteiger charge is -2.21. The normalized spacial score (nSPS) is 11.2. The van der Waals surface area contributed by atoms with Gasteiger partial charge in [0.2, 0.25) is 11.7 Å². The summed E-state index contributed by atoms with van der Waals surface area (Å²) in [5.74, 6) is 0.470. The van der Waals surface area contributed by atoms with Crippen molar-refractivity contribution >= 4 is 29.2 Å². The maximum atomic E-state index is 12.5. The van der Waals surface area contributed by atoms with E-state index in [1.807, 2.05) is 29.4 Å². The van der Waals surface area contributed by atoms with Gasteiger partial charge in [-0.2, -0.15) is 8.78 Å². The average Bonchev–Trinajstić information content (AvgIpc) is 3.23. The Morgan fingerprint density at radius 1 is 1.28 bits per heavy atom. The Labute approximate surface area is 151 Å². The first kappa shape index (κ1) is 17.7. The Bertz CT molecular complexity index is 842. The highest BCUT2D eigenvalue weighted by molar-refractivity contribution is 8.00. The standard InChI is InChI=1S/C15H13ClF2N4O2S/c1-2-25-22(10-5-3-4-9(16)6-10)8-12-19-7-11(23-12)14-20-21-15(24-14)13(17)18/h3-7,13H,2,8H2,1H3. The third kappa shape index (κ3) is 4.29. The number of halogens is 3. The molecule has 0 bridgehead atoms. The molecule has 0 fully saturated rings. The van der Waals surface area contributed by atoms with Gasteiger partial charge in [0.1, 0.15) is 6.54 Å². The summed E-state index contributed by atoms with van der Waals surface area (Å²) in [6.45, 7) is 2.38. The molecule has 3 aromatic rings. The summed E-state index contributed by atoms with van der Waals surface area (Å²) < 4.78 is 37.4. The number of oxazole rings is 1. The number of nitrogens with zero attached hydrogens (tertiary/aromatic N) is 4. The van der Waals surface area contributed by atoms with E-state index in [0.717, 1.165) is 11.4 Å². The number of rotatable bonds is 7. The zero-order valence-electron chi connectivity index (χ0n) is 13.0. The first-order valence-corrected chi connectivity index (χ1v) is 8.61. The SMILES string of the molecule is CCSN(Cc1ncc(-c2nnc(C(F)F)o2)o1)c1cccc(Cl)c1. The number of hydrogen-bond acceptors (Lipinski definition) is 7. The lowest BCUT2D eigenvalue weighted by molar-refractivity contribution is 0.115. The third-order valence-electron chi connectivity index (χ3n) is 3.05. The van der Waals surface area contributed by atoms with Crippen LogP contribution in [0.4, 0.5) is 14.5 Å². The molecule has 0 atom stereocenters. The van der Waals surface area contributed by atoms with E-state index in [9.17, 15) is 8.78 Å². The molecule has 132 valence electrons. The maximum Gasteiger partial charge on any atom is 0.314 e. The highest BCUT2D eigenvalue weighted by Gasteiger charge is 2.20. The summed E-state index contributed by atoms with van der Waals surface area (Å²) in [6, 6.07) is 7.40. The summed E-state index contributed by atoms with van der Waals surface area (Å²) in [4.78, 5) is 4.15. The molecule has 2 aromatic heterocycles. The van der Waals surface area contributed by atoms with Crippen molar-refractivity contribution in [1.82, 2.24) is 15.2 Å². The third-order valence-corrected chi connectivity index (χ3v) is 4.20. The van der Waals surface area contributed by atoms with Crippen molar-refractivity contribution in [3.05, 3.63) is 47.3 Å².